The Morgan fingerprint density at radius 1 is 1.21 bits per heavy atom. The van der Waals surface area contributed by atoms with E-state index in [9.17, 15) is 9.59 Å². The Kier molecular flexibility index (Phi) is 7.00. The second-order valence-electron chi connectivity index (χ2n) is 6.06. The first-order valence-electron chi connectivity index (χ1n) is 8.78. The standard InChI is InChI=1S/C20H20ClN3O4S/c1-27-16-9-14-15(10-17(16)28-2)23-18(24-20(14)26)11-29-7-6-22-19(25)12-4-3-5-13(21)8-12/h3-5,8-10H,6-7,11H2,1-2H3,(H,22,25)(H,23,24,26). The van der Waals surface area contributed by atoms with E-state index in [0.29, 0.717) is 56.9 Å². The number of benzene rings is 2. The third-order valence-electron chi connectivity index (χ3n) is 4.12. The van der Waals surface area contributed by atoms with Crippen LogP contribution < -0.4 is 20.3 Å². The molecule has 0 bridgehead atoms. The number of carbonyl (C=O) groups excluding carboxylic acids is 1. The summed E-state index contributed by atoms with van der Waals surface area (Å²) in [6.45, 7) is 0.485. The fourth-order valence-corrected chi connectivity index (χ4v) is 3.63. The van der Waals surface area contributed by atoms with Gasteiger partial charge in [0.05, 0.1) is 30.9 Å². The molecule has 1 amide bonds. The number of thioether (sulfide) groups is 1. The van der Waals surface area contributed by atoms with E-state index in [1.54, 1.807) is 48.2 Å². The van der Waals surface area contributed by atoms with Crippen LogP contribution in [0, 0.1) is 0 Å². The van der Waals surface area contributed by atoms with E-state index in [2.05, 4.69) is 15.3 Å². The second-order valence-corrected chi connectivity index (χ2v) is 7.60. The van der Waals surface area contributed by atoms with Gasteiger partial charge >= 0.3 is 0 Å². The summed E-state index contributed by atoms with van der Waals surface area (Å²) in [4.78, 5) is 31.7. The molecule has 0 atom stereocenters. The van der Waals surface area contributed by atoms with Crippen LogP contribution in [0.1, 0.15) is 16.2 Å². The third kappa shape index (κ3) is 5.21. The molecule has 2 aromatic carbocycles. The zero-order valence-corrected chi connectivity index (χ0v) is 17.5. The molecule has 9 heteroatoms. The zero-order valence-electron chi connectivity index (χ0n) is 16.0. The number of carbonyl (C=O) groups is 1. The number of aromatic nitrogens is 2. The van der Waals surface area contributed by atoms with Gasteiger partial charge in [0.1, 0.15) is 5.82 Å². The van der Waals surface area contributed by atoms with Crippen LogP contribution in [0.25, 0.3) is 10.9 Å². The van der Waals surface area contributed by atoms with Crippen molar-refractivity contribution in [2.24, 2.45) is 0 Å². The van der Waals surface area contributed by atoms with Gasteiger partial charge in [-0.3, -0.25) is 9.59 Å². The first-order valence-corrected chi connectivity index (χ1v) is 10.3. The summed E-state index contributed by atoms with van der Waals surface area (Å²) in [6.07, 6.45) is 0. The molecule has 0 fully saturated rings. The SMILES string of the molecule is COc1cc2nc(CSCCNC(=O)c3cccc(Cl)c3)[nH]c(=O)c2cc1OC. The number of H-pyrrole nitrogens is 1. The van der Waals surface area contributed by atoms with E-state index in [0.717, 1.165) is 0 Å². The van der Waals surface area contributed by atoms with Crippen molar-refractivity contribution in [1.82, 2.24) is 15.3 Å². The largest absolute Gasteiger partial charge is 0.493 e. The van der Waals surface area contributed by atoms with Gasteiger partial charge < -0.3 is 19.8 Å². The molecule has 0 aliphatic rings. The van der Waals surface area contributed by atoms with E-state index in [4.69, 9.17) is 21.1 Å². The number of amides is 1. The monoisotopic (exact) mass is 433 g/mol. The molecule has 2 N–H and O–H groups in total. The average Bonchev–Trinajstić information content (AvgIpc) is 2.72. The second kappa shape index (κ2) is 9.67. The summed E-state index contributed by atoms with van der Waals surface area (Å²) in [6, 6.07) is 10.1. The molecule has 0 saturated carbocycles. The van der Waals surface area contributed by atoms with Crippen molar-refractivity contribution in [1.29, 1.82) is 0 Å². The van der Waals surface area contributed by atoms with Crippen molar-refractivity contribution in [2.45, 2.75) is 5.75 Å². The molecule has 1 heterocycles. The highest BCUT2D eigenvalue weighted by Crippen LogP contribution is 2.30. The lowest BCUT2D eigenvalue weighted by Gasteiger charge is -2.09. The van der Waals surface area contributed by atoms with Gasteiger partial charge in [-0.2, -0.15) is 11.8 Å². The van der Waals surface area contributed by atoms with Crippen molar-refractivity contribution < 1.29 is 14.3 Å². The molecule has 0 radical (unpaired) electrons. The maximum Gasteiger partial charge on any atom is 0.258 e. The van der Waals surface area contributed by atoms with Gasteiger partial charge in [0.25, 0.3) is 11.5 Å². The maximum absolute atomic E-state index is 12.4. The Morgan fingerprint density at radius 2 is 1.97 bits per heavy atom. The van der Waals surface area contributed by atoms with Gasteiger partial charge in [-0.25, -0.2) is 4.98 Å². The Bertz CT molecular complexity index is 1090. The van der Waals surface area contributed by atoms with Crippen LogP contribution in [0.5, 0.6) is 11.5 Å². The van der Waals surface area contributed by atoms with Crippen molar-refractivity contribution in [3.63, 3.8) is 0 Å². The van der Waals surface area contributed by atoms with Crippen LogP contribution in [-0.2, 0) is 5.75 Å². The highest BCUT2D eigenvalue weighted by molar-refractivity contribution is 7.98. The molecule has 0 spiro atoms. The Hall–Kier alpha value is -2.71. The number of nitrogens with one attached hydrogen (secondary N) is 2. The van der Waals surface area contributed by atoms with Crippen molar-refractivity contribution in [2.75, 3.05) is 26.5 Å². The van der Waals surface area contributed by atoms with Crippen molar-refractivity contribution >= 4 is 40.2 Å². The Labute approximate surface area is 176 Å². The minimum absolute atomic E-state index is 0.175. The average molecular weight is 434 g/mol. The molecule has 29 heavy (non-hydrogen) atoms. The van der Waals surface area contributed by atoms with E-state index < -0.39 is 0 Å². The van der Waals surface area contributed by atoms with Crippen LogP contribution in [0.4, 0.5) is 0 Å². The number of ether oxygens (including phenoxy) is 2. The van der Waals surface area contributed by atoms with Gasteiger partial charge in [-0.05, 0) is 24.3 Å². The number of nitrogens with zero attached hydrogens (tertiary/aromatic N) is 1. The summed E-state index contributed by atoms with van der Waals surface area (Å²) in [5, 5.41) is 3.80. The summed E-state index contributed by atoms with van der Waals surface area (Å²) >= 11 is 7.45. The predicted molar refractivity (Wildman–Crippen MR) is 115 cm³/mol. The van der Waals surface area contributed by atoms with Gasteiger partial charge in [0.15, 0.2) is 11.5 Å². The number of methoxy groups -OCH3 is 2. The first-order chi connectivity index (χ1) is 14.0. The summed E-state index contributed by atoms with van der Waals surface area (Å²) in [5.74, 6) is 2.55. The lowest BCUT2D eigenvalue weighted by Crippen LogP contribution is -2.25. The molecule has 3 aromatic rings. The normalized spacial score (nSPS) is 10.7. The highest BCUT2D eigenvalue weighted by Gasteiger charge is 2.11. The molecule has 3 rings (SSSR count). The number of halogens is 1. The Morgan fingerprint density at radius 3 is 2.69 bits per heavy atom. The molecular formula is C20H20ClN3O4S. The van der Waals surface area contributed by atoms with Gasteiger partial charge in [0, 0.05) is 29.0 Å². The van der Waals surface area contributed by atoms with Gasteiger partial charge in [0.2, 0.25) is 0 Å². The molecule has 7 nitrogen and oxygen atoms in total. The topological polar surface area (TPSA) is 93.3 Å². The number of aromatic amines is 1. The fraction of sp³-hybridized carbons (Fsp3) is 0.250. The number of rotatable bonds is 8. The maximum atomic E-state index is 12.4. The van der Waals surface area contributed by atoms with E-state index >= 15 is 0 Å². The smallest absolute Gasteiger partial charge is 0.258 e. The summed E-state index contributed by atoms with van der Waals surface area (Å²) in [5.41, 5.74) is 0.824. The molecule has 0 unspecified atom stereocenters. The first kappa shape index (κ1) is 21.0. The van der Waals surface area contributed by atoms with Crippen LogP contribution >= 0.6 is 23.4 Å². The molecular weight excluding hydrogens is 414 g/mol. The molecule has 0 aliphatic carbocycles. The van der Waals surface area contributed by atoms with Crippen molar-refractivity contribution in [3.05, 3.63) is 63.2 Å². The fourth-order valence-electron chi connectivity index (χ4n) is 2.72. The highest BCUT2D eigenvalue weighted by atomic mass is 35.5. The quantitative estimate of drug-likeness (QED) is 0.529. The predicted octanol–water partition coefficient (Wildman–Crippen LogP) is 3.26. The van der Waals surface area contributed by atoms with Gasteiger partial charge in [-0.15, -0.1) is 0 Å². The van der Waals surface area contributed by atoms with E-state index in [1.165, 1.54) is 14.2 Å². The van der Waals surface area contributed by atoms with Crippen LogP contribution in [-0.4, -0.2) is 42.4 Å². The zero-order chi connectivity index (χ0) is 20.8. The number of hydrogen-bond acceptors (Lipinski definition) is 6. The van der Waals surface area contributed by atoms with Crippen molar-refractivity contribution in [3.8, 4) is 11.5 Å². The number of fused-ring (bicyclic) bond motifs is 1. The van der Waals surface area contributed by atoms with E-state index in [-0.39, 0.29) is 11.5 Å². The lowest BCUT2D eigenvalue weighted by atomic mass is 10.2. The Balaban J connectivity index is 1.58. The van der Waals surface area contributed by atoms with Gasteiger partial charge in [-0.1, -0.05) is 17.7 Å². The molecule has 0 aliphatic heterocycles. The molecule has 152 valence electrons. The third-order valence-corrected chi connectivity index (χ3v) is 5.32. The van der Waals surface area contributed by atoms with E-state index in [1.807, 2.05) is 0 Å². The summed E-state index contributed by atoms with van der Waals surface area (Å²) in [7, 11) is 3.05. The van der Waals surface area contributed by atoms with Crippen LogP contribution in [0.2, 0.25) is 5.02 Å². The van der Waals surface area contributed by atoms with Crippen LogP contribution in [0.3, 0.4) is 0 Å². The van der Waals surface area contributed by atoms with Crippen LogP contribution in [0.15, 0.2) is 41.2 Å². The lowest BCUT2D eigenvalue weighted by molar-refractivity contribution is 0.0956. The molecule has 1 aromatic heterocycles. The minimum atomic E-state index is -0.235. The number of hydrogen-bond donors (Lipinski definition) is 2. The minimum Gasteiger partial charge on any atom is -0.493 e. The molecule has 0 saturated heterocycles. The summed E-state index contributed by atoms with van der Waals surface area (Å²) < 4.78 is 10.5.